The van der Waals surface area contributed by atoms with Crippen LogP contribution in [-0.4, -0.2) is 54.8 Å². The van der Waals surface area contributed by atoms with Crippen molar-refractivity contribution in [3.05, 3.63) is 17.8 Å². The number of aromatic nitrogens is 4. The van der Waals surface area contributed by atoms with Crippen molar-refractivity contribution in [2.24, 2.45) is 0 Å². The Morgan fingerprint density at radius 1 is 1.26 bits per heavy atom. The molecule has 4 rings (SSSR count). The van der Waals surface area contributed by atoms with Crippen LogP contribution in [0.5, 0.6) is 0 Å². The van der Waals surface area contributed by atoms with E-state index in [0.29, 0.717) is 11.2 Å². The van der Waals surface area contributed by atoms with E-state index in [1.54, 1.807) is 17.8 Å². The fourth-order valence-electron chi connectivity index (χ4n) is 3.23. The van der Waals surface area contributed by atoms with Gasteiger partial charge in [-0.2, -0.15) is 0 Å². The summed E-state index contributed by atoms with van der Waals surface area (Å²) >= 11 is 6.05. The van der Waals surface area contributed by atoms with E-state index in [2.05, 4.69) is 15.0 Å². The molecule has 0 spiro atoms. The molecule has 8 nitrogen and oxygen atoms in total. The molecule has 124 valence electrons. The molecule has 5 atom stereocenters. The molecule has 2 saturated heterocycles. The third-order valence-corrected chi connectivity index (χ3v) is 4.41. The van der Waals surface area contributed by atoms with Crippen molar-refractivity contribution in [2.45, 2.75) is 57.2 Å². The number of hydrogen-bond donors (Lipinski definition) is 1. The van der Waals surface area contributed by atoms with Crippen LogP contribution in [0.4, 0.5) is 0 Å². The van der Waals surface area contributed by atoms with Crippen LogP contribution in [0.25, 0.3) is 11.2 Å². The Kier molecular flexibility index (Phi) is 3.37. The van der Waals surface area contributed by atoms with Crippen LogP contribution in [0.1, 0.15) is 27.0 Å². The molecule has 0 amide bonds. The zero-order valence-corrected chi connectivity index (χ0v) is 13.6. The van der Waals surface area contributed by atoms with Crippen LogP contribution in [-0.2, 0) is 14.2 Å². The lowest BCUT2D eigenvalue weighted by Gasteiger charge is -2.25. The number of fused-ring (bicyclic) bond motifs is 2. The summed E-state index contributed by atoms with van der Waals surface area (Å²) in [7, 11) is 0. The van der Waals surface area contributed by atoms with Crippen molar-refractivity contribution in [3.8, 4) is 0 Å². The second-order valence-electron chi connectivity index (χ2n) is 6.29. The van der Waals surface area contributed by atoms with Gasteiger partial charge in [0.15, 0.2) is 22.8 Å². The summed E-state index contributed by atoms with van der Waals surface area (Å²) in [4.78, 5) is 12.4. The maximum atomic E-state index is 10.0. The molecule has 2 aromatic rings. The Morgan fingerprint density at radius 3 is 2.74 bits per heavy atom. The van der Waals surface area contributed by atoms with Gasteiger partial charge in [-0.25, -0.2) is 15.0 Å². The number of ether oxygens (including phenoxy) is 3. The van der Waals surface area contributed by atoms with Crippen molar-refractivity contribution in [3.63, 3.8) is 0 Å². The van der Waals surface area contributed by atoms with Gasteiger partial charge in [0.1, 0.15) is 30.2 Å². The molecule has 4 heterocycles. The highest BCUT2D eigenvalue weighted by Crippen LogP contribution is 2.44. The Labute approximate surface area is 137 Å². The third kappa shape index (κ3) is 2.33. The minimum Gasteiger partial charge on any atom is -0.391 e. The highest BCUT2D eigenvalue weighted by molar-refractivity contribution is 6.33. The van der Waals surface area contributed by atoms with Crippen LogP contribution in [0.15, 0.2) is 12.7 Å². The van der Waals surface area contributed by atoms with Crippen LogP contribution in [0, 0.1) is 0 Å². The van der Waals surface area contributed by atoms with Gasteiger partial charge in [0, 0.05) is 0 Å². The smallest absolute Gasteiger partial charge is 0.167 e. The van der Waals surface area contributed by atoms with Gasteiger partial charge in [0.05, 0.1) is 12.4 Å². The molecule has 0 aliphatic carbocycles. The van der Waals surface area contributed by atoms with E-state index in [1.165, 1.54) is 6.33 Å². The van der Waals surface area contributed by atoms with Crippen molar-refractivity contribution in [1.29, 1.82) is 0 Å². The summed E-state index contributed by atoms with van der Waals surface area (Å²) in [5.41, 5.74) is 1.04. The number of hydrogen-bond acceptors (Lipinski definition) is 7. The first-order valence-corrected chi connectivity index (χ1v) is 7.77. The maximum Gasteiger partial charge on any atom is 0.167 e. The first kappa shape index (κ1) is 15.2. The summed E-state index contributed by atoms with van der Waals surface area (Å²) in [6, 6.07) is 0. The average Bonchev–Trinajstić information content (AvgIpc) is 3.09. The molecule has 3 unspecified atom stereocenters. The Bertz CT molecular complexity index is 749. The number of nitrogens with zero attached hydrogens (tertiary/aromatic N) is 4. The molecule has 2 aliphatic rings. The average molecular weight is 341 g/mol. The van der Waals surface area contributed by atoms with Crippen LogP contribution >= 0.6 is 11.6 Å². The number of rotatable bonds is 2. The van der Waals surface area contributed by atoms with Crippen molar-refractivity contribution in [1.82, 2.24) is 19.5 Å². The molecule has 2 fully saturated rings. The van der Waals surface area contributed by atoms with Crippen LogP contribution < -0.4 is 0 Å². The standard InChI is InChI=1S/C14H17ClN4O4/c1-6(20)8-9-10(23-14(2,3)22-9)13(21-8)19-5-18-7-11(15)16-4-17-12(7)19/h4-6,8-10,13,20H,1-3H3/t6?,8?,9-,10-,13?/m1/s1. The molecule has 0 saturated carbocycles. The van der Waals surface area contributed by atoms with Gasteiger partial charge in [-0.1, -0.05) is 11.6 Å². The Balaban J connectivity index is 1.77. The first-order chi connectivity index (χ1) is 10.9. The van der Waals surface area contributed by atoms with Gasteiger partial charge in [0.2, 0.25) is 0 Å². The molecule has 2 aliphatic heterocycles. The number of aliphatic hydroxyl groups excluding tert-OH is 1. The van der Waals surface area contributed by atoms with Crippen molar-refractivity contribution < 1.29 is 19.3 Å². The number of aliphatic hydroxyl groups is 1. The molecule has 23 heavy (non-hydrogen) atoms. The highest BCUT2D eigenvalue weighted by Gasteiger charge is 2.57. The zero-order valence-electron chi connectivity index (χ0n) is 12.9. The van der Waals surface area contributed by atoms with Gasteiger partial charge in [-0.15, -0.1) is 0 Å². The molecule has 1 N–H and O–H groups in total. The van der Waals surface area contributed by atoms with Crippen molar-refractivity contribution >= 4 is 22.8 Å². The van der Waals surface area contributed by atoms with Crippen molar-refractivity contribution in [2.75, 3.05) is 0 Å². The second kappa shape index (κ2) is 5.09. The summed E-state index contributed by atoms with van der Waals surface area (Å²) in [5.74, 6) is -0.743. The van der Waals surface area contributed by atoms with E-state index in [9.17, 15) is 5.11 Å². The Hall–Kier alpha value is -1.32. The van der Waals surface area contributed by atoms with E-state index in [0.717, 1.165) is 0 Å². The largest absolute Gasteiger partial charge is 0.391 e. The van der Waals surface area contributed by atoms with Gasteiger partial charge < -0.3 is 19.3 Å². The van der Waals surface area contributed by atoms with E-state index < -0.39 is 24.2 Å². The highest BCUT2D eigenvalue weighted by atomic mass is 35.5. The molecule has 9 heteroatoms. The topological polar surface area (TPSA) is 91.5 Å². The van der Waals surface area contributed by atoms with E-state index in [4.69, 9.17) is 25.8 Å². The summed E-state index contributed by atoms with van der Waals surface area (Å²) < 4.78 is 19.6. The minimum absolute atomic E-state index is 0.277. The summed E-state index contributed by atoms with van der Waals surface area (Å²) in [6.45, 7) is 5.35. The first-order valence-electron chi connectivity index (χ1n) is 7.39. The lowest BCUT2D eigenvalue weighted by molar-refractivity contribution is -0.205. The SMILES string of the molecule is CC(O)C1OC(n2cnc3c(Cl)ncnc32)[C@@H]2OC(C)(C)O[C@H]12. The summed E-state index contributed by atoms with van der Waals surface area (Å²) in [5, 5.41) is 10.3. The van der Waals surface area contributed by atoms with Gasteiger partial charge in [-0.05, 0) is 20.8 Å². The monoisotopic (exact) mass is 340 g/mol. The predicted octanol–water partition coefficient (Wildman–Crippen LogP) is 1.28. The van der Waals surface area contributed by atoms with E-state index >= 15 is 0 Å². The fraction of sp³-hybridized carbons (Fsp3) is 0.643. The lowest BCUT2D eigenvalue weighted by atomic mass is 10.1. The molecular weight excluding hydrogens is 324 g/mol. The van der Waals surface area contributed by atoms with Gasteiger partial charge in [0.25, 0.3) is 0 Å². The third-order valence-electron chi connectivity index (χ3n) is 4.13. The molecule has 0 aromatic carbocycles. The number of imidazole rings is 1. The minimum atomic E-state index is -0.743. The predicted molar refractivity (Wildman–Crippen MR) is 79.7 cm³/mol. The van der Waals surface area contributed by atoms with Gasteiger partial charge in [-0.3, -0.25) is 4.57 Å². The normalized spacial score (nSPS) is 34.0. The summed E-state index contributed by atoms with van der Waals surface area (Å²) in [6.07, 6.45) is 0.501. The van der Waals surface area contributed by atoms with E-state index in [-0.39, 0.29) is 17.4 Å². The number of halogens is 1. The Morgan fingerprint density at radius 2 is 2.00 bits per heavy atom. The molecule has 2 aromatic heterocycles. The van der Waals surface area contributed by atoms with E-state index in [1.807, 2.05) is 13.8 Å². The zero-order chi connectivity index (χ0) is 16.4. The molecule has 0 radical (unpaired) electrons. The molecular formula is C14H17ClN4O4. The fourth-order valence-corrected chi connectivity index (χ4v) is 3.41. The maximum absolute atomic E-state index is 10.0. The van der Waals surface area contributed by atoms with Crippen LogP contribution in [0.2, 0.25) is 5.15 Å². The van der Waals surface area contributed by atoms with Crippen LogP contribution in [0.3, 0.4) is 0 Å². The quantitative estimate of drug-likeness (QED) is 0.823. The lowest BCUT2D eigenvalue weighted by Crippen LogP contribution is -2.36. The van der Waals surface area contributed by atoms with Gasteiger partial charge >= 0.3 is 0 Å². The second-order valence-corrected chi connectivity index (χ2v) is 6.64. The molecule has 0 bridgehead atoms.